The molecule has 1 heterocycles. The molecule has 1 unspecified atom stereocenters. The van der Waals surface area contributed by atoms with Gasteiger partial charge in [-0.05, 0) is 49.4 Å². The van der Waals surface area contributed by atoms with Gasteiger partial charge in [0.15, 0.2) is 14.1 Å². The predicted octanol–water partition coefficient (Wildman–Crippen LogP) is 6.00. The maximum atomic E-state index is 12.9. The van der Waals surface area contributed by atoms with Crippen LogP contribution < -0.4 is 5.32 Å². The third-order valence-corrected chi connectivity index (χ3v) is 12.5. The molecule has 1 rings (SSSR count). The van der Waals surface area contributed by atoms with Crippen LogP contribution in [0.5, 0.6) is 0 Å². The number of rotatable bonds is 13. The molecule has 36 heavy (non-hydrogen) atoms. The van der Waals surface area contributed by atoms with E-state index < -0.39 is 8.32 Å². The van der Waals surface area contributed by atoms with Crippen LogP contribution in [0.2, 0.25) is 18.1 Å². The summed E-state index contributed by atoms with van der Waals surface area (Å²) < 4.78 is 12.5. The van der Waals surface area contributed by atoms with E-state index in [1.54, 1.807) is 25.3 Å². The summed E-state index contributed by atoms with van der Waals surface area (Å²) in [5.74, 6) is -0.557. The lowest BCUT2D eigenvalue weighted by Crippen LogP contribution is -2.49. The Morgan fingerprint density at radius 1 is 1.14 bits per heavy atom. The van der Waals surface area contributed by atoms with Gasteiger partial charge in [0.1, 0.15) is 6.10 Å². The summed E-state index contributed by atoms with van der Waals surface area (Å²) in [6, 6.07) is 0. The number of imide groups is 1. The Kier molecular flexibility index (Phi) is 12.2. The molecule has 1 N–H and O–H groups in total. The lowest BCUT2D eigenvalue weighted by atomic mass is 9.83. The van der Waals surface area contributed by atoms with Crippen molar-refractivity contribution in [3.63, 3.8) is 0 Å². The Morgan fingerprint density at radius 2 is 1.69 bits per heavy atom. The highest BCUT2D eigenvalue weighted by molar-refractivity contribution is 6.74. The standard InChI is InChI=1S/C29H49NO5Si/c1-12-25(34-9)28(35-36(10,11)29(6,7)8)20(3)16-19(2)21(4)22(5)24(31)15-13-14-23-17-26(32)30-27(33)18-23/h12-13,15-16,20-23,25,28H,1,14,17-18H2,2-11H3,(H,30,32,33)/b15-13+,19-16-/t20-,21+,22?,25-,28+/m1/s1. The van der Waals surface area contributed by atoms with Crippen LogP contribution in [0.25, 0.3) is 0 Å². The fourth-order valence-corrected chi connectivity index (χ4v) is 5.59. The molecule has 2 amide bonds. The van der Waals surface area contributed by atoms with E-state index >= 15 is 0 Å². The van der Waals surface area contributed by atoms with Crippen molar-refractivity contribution in [3.8, 4) is 0 Å². The highest BCUT2D eigenvalue weighted by Gasteiger charge is 2.41. The summed E-state index contributed by atoms with van der Waals surface area (Å²) in [7, 11) is -0.365. The monoisotopic (exact) mass is 519 g/mol. The van der Waals surface area contributed by atoms with E-state index in [0.717, 1.165) is 5.57 Å². The number of amides is 2. The summed E-state index contributed by atoms with van der Waals surface area (Å²) in [6.07, 6.45) is 8.21. The van der Waals surface area contributed by atoms with Crippen LogP contribution >= 0.6 is 0 Å². The molecule has 0 radical (unpaired) electrons. The van der Waals surface area contributed by atoms with Gasteiger partial charge in [-0.25, -0.2) is 0 Å². The van der Waals surface area contributed by atoms with Gasteiger partial charge in [-0.3, -0.25) is 19.7 Å². The van der Waals surface area contributed by atoms with Crippen molar-refractivity contribution in [3.05, 3.63) is 36.5 Å². The van der Waals surface area contributed by atoms with E-state index in [2.05, 4.69) is 72.6 Å². The predicted molar refractivity (Wildman–Crippen MR) is 149 cm³/mol. The van der Waals surface area contributed by atoms with E-state index in [1.165, 1.54) is 0 Å². The number of methoxy groups -OCH3 is 1. The van der Waals surface area contributed by atoms with Gasteiger partial charge in [-0.15, -0.1) is 6.58 Å². The molecule has 6 nitrogen and oxygen atoms in total. The summed E-state index contributed by atoms with van der Waals surface area (Å²) in [4.78, 5) is 36.0. The molecule has 1 aliphatic heterocycles. The molecule has 204 valence electrons. The molecule has 7 heteroatoms. The molecule has 0 spiro atoms. The zero-order valence-corrected chi connectivity index (χ0v) is 25.1. The average molecular weight is 520 g/mol. The van der Waals surface area contributed by atoms with Crippen LogP contribution in [0.15, 0.2) is 36.5 Å². The SMILES string of the molecule is C=C[C@@H](OC)[C@@H](O[Si](C)(C)C(C)(C)C)[C@H](C)/C=C(/C)[C@H](C)C(C)C(=O)/C=C/CC1CC(=O)NC(=O)C1. The van der Waals surface area contributed by atoms with E-state index in [1.807, 2.05) is 6.92 Å². The first-order valence-electron chi connectivity index (χ1n) is 13.1. The van der Waals surface area contributed by atoms with Crippen molar-refractivity contribution in [1.82, 2.24) is 5.32 Å². The molecule has 0 bridgehead atoms. The normalized spacial score (nSPS) is 20.6. The topological polar surface area (TPSA) is 81.7 Å². The first-order chi connectivity index (χ1) is 16.5. The Morgan fingerprint density at radius 3 is 2.17 bits per heavy atom. The van der Waals surface area contributed by atoms with Gasteiger partial charge in [0.05, 0.1) is 6.10 Å². The van der Waals surface area contributed by atoms with E-state index in [-0.39, 0.29) is 58.5 Å². The first kappa shape index (κ1) is 32.2. The minimum atomic E-state index is -2.05. The van der Waals surface area contributed by atoms with Gasteiger partial charge >= 0.3 is 0 Å². The molecule has 0 saturated carbocycles. The maximum Gasteiger partial charge on any atom is 0.226 e. The summed E-state index contributed by atoms with van der Waals surface area (Å²) in [5.41, 5.74) is 1.13. The van der Waals surface area contributed by atoms with Crippen molar-refractivity contribution in [2.24, 2.45) is 23.7 Å². The van der Waals surface area contributed by atoms with Crippen molar-refractivity contribution in [2.45, 2.75) is 98.1 Å². The molecular formula is C29H49NO5Si. The van der Waals surface area contributed by atoms with Crippen LogP contribution in [0.1, 0.15) is 67.7 Å². The number of ether oxygens (including phenoxy) is 1. The molecular weight excluding hydrogens is 470 g/mol. The number of carbonyl (C=O) groups excluding carboxylic acids is 3. The van der Waals surface area contributed by atoms with Crippen molar-refractivity contribution < 1.29 is 23.5 Å². The molecule has 0 aliphatic carbocycles. The minimum Gasteiger partial charge on any atom is -0.410 e. The summed E-state index contributed by atoms with van der Waals surface area (Å²) >= 11 is 0. The zero-order valence-electron chi connectivity index (χ0n) is 24.1. The van der Waals surface area contributed by atoms with Crippen LogP contribution in [0, 0.1) is 23.7 Å². The number of carbonyl (C=O) groups is 3. The van der Waals surface area contributed by atoms with Gasteiger partial charge in [-0.1, -0.05) is 65.3 Å². The zero-order chi connectivity index (χ0) is 27.8. The third-order valence-electron chi connectivity index (χ3n) is 8.00. The Hall–Kier alpha value is -1.83. The number of hydrogen-bond donors (Lipinski definition) is 1. The lowest BCUT2D eigenvalue weighted by Gasteiger charge is -2.42. The van der Waals surface area contributed by atoms with Crippen LogP contribution in [-0.4, -0.2) is 45.2 Å². The average Bonchev–Trinajstić information content (AvgIpc) is 2.76. The van der Waals surface area contributed by atoms with Crippen LogP contribution in [0.4, 0.5) is 0 Å². The van der Waals surface area contributed by atoms with Gasteiger partial charge in [-0.2, -0.15) is 0 Å². The molecule has 0 aromatic carbocycles. The molecule has 1 fully saturated rings. The highest BCUT2D eigenvalue weighted by Crippen LogP contribution is 2.39. The molecule has 5 atom stereocenters. The fraction of sp³-hybridized carbons (Fsp3) is 0.690. The van der Waals surface area contributed by atoms with Crippen LogP contribution in [0.3, 0.4) is 0 Å². The van der Waals surface area contributed by atoms with Crippen molar-refractivity contribution >= 4 is 25.9 Å². The number of hydrogen-bond acceptors (Lipinski definition) is 5. The third kappa shape index (κ3) is 9.24. The quantitative estimate of drug-likeness (QED) is 0.140. The Labute approximate surface area is 220 Å². The molecule has 1 saturated heterocycles. The molecule has 0 aromatic heterocycles. The largest absolute Gasteiger partial charge is 0.410 e. The van der Waals surface area contributed by atoms with Gasteiger partial charge in [0, 0.05) is 31.8 Å². The smallest absolute Gasteiger partial charge is 0.226 e. The second-order valence-corrected chi connectivity index (χ2v) is 16.7. The van der Waals surface area contributed by atoms with E-state index in [0.29, 0.717) is 19.3 Å². The molecule has 1 aliphatic rings. The Bertz CT molecular complexity index is 838. The lowest BCUT2D eigenvalue weighted by molar-refractivity contribution is -0.134. The van der Waals surface area contributed by atoms with Crippen LogP contribution in [-0.2, 0) is 23.5 Å². The number of allylic oxidation sites excluding steroid dienone is 3. The second kappa shape index (κ2) is 13.6. The summed E-state index contributed by atoms with van der Waals surface area (Å²) in [5, 5.41) is 2.38. The van der Waals surface area contributed by atoms with Gasteiger partial charge in [0.2, 0.25) is 11.8 Å². The number of piperidine rings is 1. The van der Waals surface area contributed by atoms with Gasteiger partial charge < -0.3 is 9.16 Å². The highest BCUT2D eigenvalue weighted by atomic mass is 28.4. The number of nitrogens with one attached hydrogen (secondary N) is 1. The second-order valence-electron chi connectivity index (χ2n) is 11.9. The first-order valence-corrected chi connectivity index (χ1v) is 16.0. The molecule has 0 aromatic rings. The van der Waals surface area contributed by atoms with E-state index in [4.69, 9.17) is 9.16 Å². The van der Waals surface area contributed by atoms with Crippen molar-refractivity contribution in [2.75, 3.05) is 7.11 Å². The van der Waals surface area contributed by atoms with E-state index in [9.17, 15) is 14.4 Å². The van der Waals surface area contributed by atoms with Crippen molar-refractivity contribution in [1.29, 1.82) is 0 Å². The van der Waals surface area contributed by atoms with Gasteiger partial charge in [0.25, 0.3) is 0 Å². The summed E-state index contributed by atoms with van der Waals surface area (Å²) in [6.45, 7) is 23.3. The maximum absolute atomic E-state index is 12.9. The fourth-order valence-electron chi connectivity index (χ4n) is 4.21. The minimum absolute atomic E-state index is 0.0399. The number of ketones is 1. The Balaban J connectivity index is 2.92.